The maximum atomic E-state index is 12.2. The van der Waals surface area contributed by atoms with Crippen LogP contribution in [0.4, 0.5) is 0 Å². The zero-order valence-electron chi connectivity index (χ0n) is 12.3. The van der Waals surface area contributed by atoms with Gasteiger partial charge in [0.1, 0.15) is 0 Å². The van der Waals surface area contributed by atoms with Crippen molar-refractivity contribution in [1.29, 1.82) is 5.26 Å². The summed E-state index contributed by atoms with van der Waals surface area (Å²) in [4.78, 5) is 17.0. The maximum absolute atomic E-state index is 12.2. The second-order valence-electron chi connectivity index (χ2n) is 6.13. The quantitative estimate of drug-likeness (QED) is 0.773. The molecule has 0 amide bonds. The van der Waals surface area contributed by atoms with Crippen LogP contribution in [-0.4, -0.2) is 54.9 Å². The van der Waals surface area contributed by atoms with Crippen LogP contribution >= 0.6 is 0 Å². The molecule has 0 radical (unpaired) electrons. The van der Waals surface area contributed by atoms with E-state index in [2.05, 4.69) is 15.9 Å². The van der Waals surface area contributed by atoms with Crippen LogP contribution < -0.4 is 0 Å². The molecule has 1 aromatic carbocycles. The van der Waals surface area contributed by atoms with E-state index >= 15 is 0 Å². The van der Waals surface area contributed by atoms with Crippen molar-refractivity contribution in [2.24, 2.45) is 5.92 Å². The van der Waals surface area contributed by atoms with Crippen molar-refractivity contribution in [2.75, 3.05) is 39.3 Å². The van der Waals surface area contributed by atoms with Crippen molar-refractivity contribution >= 4 is 5.78 Å². The number of ketones is 1. The molecule has 1 aliphatic carbocycles. The van der Waals surface area contributed by atoms with E-state index in [1.54, 1.807) is 24.3 Å². The summed E-state index contributed by atoms with van der Waals surface area (Å²) in [6, 6.07) is 9.00. The number of rotatable bonds is 5. The fourth-order valence-electron chi connectivity index (χ4n) is 2.82. The van der Waals surface area contributed by atoms with Gasteiger partial charge in [0.2, 0.25) is 0 Å². The highest BCUT2D eigenvalue weighted by Crippen LogP contribution is 2.29. The van der Waals surface area contributed by atoms with Crippen LogP contribution in [0.15, 0.2) is 24.3 Å². The molecular formula is C17H21N3O. The van der Waals surface area contributed by atoms with Gasteiger partial charge in [-0.1, -0.05) is 12.1 Å². The van der Waals surface area contributed by atoms with E-state index in [-0.39, 0.29) is 5.78 Å². The molecule has 1 saturated heterocycles. The second-order valence-corrected chi connectivity index (χ2v) is 6.13. The van der Waals surface area contributed by atoms with E-state index < -0.39 is 0 Å². The third-order valence-electron chi connectivity index (χ3n) is 4.38. The zero-order valence-corrected chi connectivity index (χ0v) is 12.3. The molecule has 3 rings (SSSR count). The van der Waals surface area contributed by atoms with Gasteiger partial charge in [-0.3, -0.25) is 9.69 Å². The number of hydrogen-bond acceptors (Lipinski definition) is 4. The molecule has 21 heavy (non-hydrogen) atoms. The third kappa shape index (κ3) is 3.90. The number of carbonyl (C=O) groups excluding carboxylic acids is 1. The number of hydrogen-bond donors (Lipinski definition) is 0. The van der Waals surface area contributed by atoms with Crippen molar-refractivity contribution in [1.82, 2.24) is 9.80 Å². The molecule has 110 valence electrons. The Kier molecular flexibility index (Phi) is 4.33. The van der Waals surface area contributed by atoms with Gasteiger partial charge in [0.05, 0.1) is 18.2 Å². The third-order valence-corrected chi connectivity index (χ3v) is 4.38. The minimum Gasteiger partial charge on any atom is -0.301 e. The first kappa shape index (κ1) is 14.2. The predicted molar refractivity (Wildman–Crippen MR) is 81.1 cm³/mol. The van der Waals surface area contributed by atoms with E-state index in [1.807, 2.05) is 0 Å². The molecular weight excluding hydrogens is 262 g/mol. The van der Waals surface area contributed by atoms with Gasteiger partial charge in [-0.15, -0.1) is 0 Å². The fraction of sp³-hybridized carbons (Fsp3) is 0.529. The SMILES string of the molecule is N#Cc1ccc(C(=O)CN2CCN(CC3CC3)CC2)cc1. The lowest BCUT2D eigenvalue weighted by Gasteiger charge is -2.34. The van der Waals surface area contributed by atoms with Gasteiger partial charge in [0.25, 0.3) is 0 Å². The van der Waals surface area contributed by atoms with Crippen molar-refractivity contribution in [3.63, 3.8) is 0 Å². The molecule has 2 aliphatic rings. The van der Waals surface area contributed by atoms with Crippen LogP contribution in [0.3, 0.4) is 0 Å². The Labute approximate surface area is 126 Å². The number of nitriles is 1. The Bertz CT molecular complexity index is 534. The molecule has 2 fully saturated rings. The Morgan fingerprint density at radius 3 is 2.29 bits per heavy atom. The molecule has 1 aromatic rings. The van der Waals surface area contributed by atoms with Crippen molar-refractivity contribution in [3.8, 4) is 6.07 Å². The average Bonchev–Trinajstić information content (AvgIpc) is 3.33. The summed E-state index contributed by atoms with van der Waals surface area (Å²) < 4.78 is 0. The number of Topliss-reactive ketones (excluding diaryl/α,β-unsaturated/α-hetero) is 1. The normalized spacial score (nSPS) is 20.1. The smallest absolute Gasteiger partial charge is 0.176 e. The molecule has 0 N–H and O–H groups in total. The van der Waals surface area contributed by atoms with Crippen LogP contribution in [0.1, 0.15) is 28.8 Å². The molecule has 0 spiro atoms. The minimum absolute atomic E-state index is 0.148. The van der Waals surface area contributed by atoms with Crippen molar-refractivity contribution < 1.29 is 4.79 Å². The molecule has 0 atom stereocenters. The van der Waals surface area contributed by atoms with E-state index in [1.165, 1.54) is 19.4 Å². The number of piperazine rings is 1. The molecule has 1 heterocycles. The highest BCUT2D eigenvalue weighted by molar-refractivity contribution is 5.97. The van der Waals surface area contributed by atoms with Gasteiger partial charge in [0, 0.05) is 38.3 Å². The van der Waals surface area contributed by atoms with Gasteiger partial charge < -0.3 is 4.90 Å². The molecule has 1 aliphatic heterocycles. The molecule has 4 heteroatoms. The number of carbonyl (C=O) groups is 1. The van der Waals surface area contributed by atoms with Gasteiger partial charge >= 0.3 is 0 Å². The monoisotopic (exact) mass is 283 g/mol. The summed E-state index contributed by atoms with van der Waals surface area (Å²) in [6.45, 7) is 5.86. The van der Waals surface area contributed by atoms with E-state index in [0.29, 0.717) is 17.7 Å². The highest BCUT2D eigenvalue weighted by atomic mass is 16.1. The highest BCUT2D eigenvalue weighted by Gasteiger charge is 2.26. The van der Waals surface area contributed by atoms with Crippen LogP contribution in [0.2, 0.25) is 0 Å². The Morgan fingerprint density at radius 1 is 1.10 bits per heavy atom. The van der Waals surface area contributed by atoms with Gasteiger partial charge in [-0.2, -0.15) is 5.26 Å². The van der Waals surface area contributed by atoms with E-state index in [4.69, 9.17) is 5.26 Å². The molecule has 0 bridgehead atoms. The fourth-order valence-corrected chi connectivity index (χ4v) is 2.82. The number of benzene rings is 1. The summed E-state index contributed by atoms with van der Waals surface area (Å²) in [6.07, 6.45) is 2.80. The second kappa shape index (κ2) is 6.38. The van der Waals surface area contributed by atoms with Crippen molar-refractivity contribution in [2.45, 2.75) is 12.8 Å². The lowest BCUT2D eigenvalue weighted by molar-refractivity contribution is 0.0847. The van der Waals surface area contributed by atoms with Gasteiger partial charge in [-0.25, -0.2) is 0 Å². The van der Waals surface area contributed by atoms with E-state index in [9.17, 15) is 4.79 Å². The summed E-state index contributed by atoms with van der Waals surface area (Å²) in [5, 5.41) is 8.77. The maximum Gasteiger partial charge on any atom is 0.176 e. The topological polar surface area (TPSA) is 47.3 Å². The summed E-state index contributed by atoms with van der Waals surface area (Å²) >= 11 is 0. The zero-order chi connectivity index (χ0) is 14.7. The van der Waals surface area contributed by atoms with Gasteiger partial charge in [0.15, 0.2) is 5.78 Å². The first-order chi connectivity index (χ1) is 10.2. The molecule has 0 unspecified atom stereocenters. The Balaban J connectivity index is 1.47. The summed E-state index contributed by atoms with van der Waals surface area (Å²) in [7, 11) is 0. The standard InChI is InChI=1S/C17H21N3O/c18-11-14-3-5-16(6-4-14)17(21)13-20-9-7-19(8-10-20)12-15-1-2-15/h3-6,15H,1-2,7-10,12-13H2. The summed E-state index contributed by atoms with van der Waals surface area (Å²) in [5.41, 5.74) is 1.30. The predicted octanol–water partition coefficient (Wildman–Crippen LogP) is 1.77. The van der Waals surface area contributed by atoms with Crippen LogP contribution in [0.25, 0.3) is 0 Å². The largest absolute Gasteiger partial charge is 0.301 e. The van der Waals surface area contributed by atoms with Crippen LogP contribution in [0, 0.1) is 17.2 Å². The minimum atomic E-state index is 0.148. The van der Waals surface area contributed by atoms with Crippen LogP contribution in [-0.2, 0) is 0 Å². The van der Waals surface area contributed by atoms with Crippen LogP contribution in [0.5, 0.6) is 0 Å². The van der Waals surface area contributed by atoms with E-state index in [0.717, 1.165) is 32.1 Å². The lowest BCUT2D eigenvalue weighted by Crippen LogP contribution is -2.48. The Morgan fingerprint density at radius 2 is 1.71 bits per heavy atom. The first-order valence-electron chi connectivity index (χ1n) is 7.72. The average molecular weight is 283 g/mol. The molecule has 0 aromatic heterocycles. The lowest BCUT2D eigenvalue weighted by atomic mass is 10.1. The van der Waals surface area contributed by atoms with Gasteiger partial charge in [-0.05, 0) is 30.9 Å². The summed E-state index contributed by atoms with van der Waals surface area (Å²) in [5.74, 6) is 1.09. The molecule has 4 nitrogen and oxygen atoms in total. The number of nitrogens with zero attached hydrogens (tertiary/aromatic N) is 3. The first-order valence-corrected chi connectivity index (χ1v) is 7.72. The Hall–Kier alpha value is -1.70. The molecule has 1 saturated carbocycles. The van der Waals surface area contributed by atoms with Crippen molar-refractivity contribution in [3.05, 3.63) is 35.4 Å².